The third-order valence-electron chi connectivity index (χ3n) is 4.04. The first-order chi connectivity index (χ1) is 5.81. The lowest BCUT2D eigenvalue weighted by atomic mass is 9.63. The number of rotatable bonds is 1. The summed E-state index contributed by atoms with van der Waals surface area (Å²) >= 11 is 2.59. The maximum Gasteiger partial charge on any atom is 0.00288 e. The zero-order chi connectivity index (χ0) is 8.55. The van der Waals surface area contributed by atoms with Crippen molar-refractivity contribution in [3.8, 4) is 0 Å². The molecule has 4 unspecified atom stereocenters. The van der Waals surface area contributed by atoms with Crippen LogP contribution < -0.4 is 0 Å². The predicted octanol–water partition coefficient (Wildman–Crippen LogP) is 3.88. The van der Waals surface area contributed by atoms with Crippen molar-refractivity contribution in [1.82, 2.24) is 0 Å². The summed E-state index contributed by atoms with van der Waals surface area (Å²) in [4.78, 5) is 0. The second kappa shape index (κ2) is 3.85. The highest BCUT2D eigenvalue weighted by atomic mass is 127. The second-order valence-corrected chi connectivity index (χ2v) is 5.70. The van der Waals surface area contributed by atoms with Crippen LogP contribution in [0.1, 0.15) is 39.0 Å². The Morgan fingerprint density at radius 2 is 2.08 bits per heavy atom. The van der Waals surface area contributed by atoms with Crippen LogP contribution in [-0.4, -0.2) is 4.43 Å². The van der Waals surface area contributed by atoms with Crippen LogP contribution in [0.2, 0.25) is 0 Å². The molecule has 2 saturated carbocycles. The average molecular weight is 278 g/mol. The van der Waals surface area contributed by atoms with Crippen LogP contribution in [0.4, 0.5) is 0 Å². The van der Waals surface area contributed by atoms with Crippen LogP contribution in [0.25, 0.3) is 0 Å². The molecule has 2 rings (SSSR count). The fourth-order valence-electron chi connectivity index (χ4n) is 3.38. The Balaban J connectivity index is 2.05. The normalized spacial score (nSPS) is 47.5. The van der Waals surface area contributed by atoms with Gasteiger partial charge in [-0.3, -0.25) is 0 Å². The van der Waals surface area contributed by atoms with Gasteiger partial charge in [0.15, 0.2) is 0 Å². The van der Waals surface area contributed by atoms with Gasteiger partial charge in [0.25, 0.3) is 0 Å². The van der Waals surface area contributed by atoms with Gasteiger partial charge >= 0.3 is 0 Å². The van der Waals surface area contributed by atoms with E-state index in [1.165, 1.54) is 30.1 Å². The molecule has 0 aromatic heterocycles. The monoisotopic (exact) mass is 278 g/mol. The predicted molar refractivity (Wildman–Crippen MR) is 61.6 cm³/mol. The van der Waals surface area contributed by atoms with Crippen LogP contribution in [0.15, 0.2) is 0 Å². The Morgan fingerprint density at radius 1 is 1.25 bits per heavy atom. The van der Waals surface area contributed by atoms with Crippen molar-refractivity contribution < 1.29 is 0 Å². The zero-order valence-corrected chi connectivity index (χ0v) is 10.1. The number of halogens is 1. The van der Waals surface area contributed by atoms with E-state index in [1.54, 1.807) is 6.42 Å². The number of hydrogen-bond acceptors (Lipinski definition) is 0. The molecule has 1 heteroatoms. The lowest BCUT2D eigenvalue weighted by Gasteiger charge is -2.43. The molecule has 0 amide bonds. The SMILES string of the molecule is CC1CC2CCCC(C2)C1CI. The second-order valence-electron chi connectivity index (χ2n) is 4.82. The summed E-state index contributed by atoms with van der Waals surface area (Å²) in [6, 6.07) is 0. The van der Waals surface area contributed by atoms with Crippen LogP contribution in [0.3, 0.4) is 0 Å². The molecule has 2 bridgehead atoms. The van der Waals surface area contributed by atoms with Crippen LogP contribution >= 0.6 is 22.6 Å². The van der Waals surface area contributed by atoms with Crippen molar-refractivity contribution in [3.05, 3.63) is 0 Å². The van der Waals surface area contributed by atoms with E-state index in [-0.39, 0.29) is 0 Å². The molecule has 0 nitrogen and oxygen atoms in total. The molecule has 2 aliphatic rings. The molecule has 70 valence electrons. The molecule has 0 N–H and O–H groups in total. The molecule has 2 fully saturated rings. The molecule has 0 heterocycles. The Morgan fingerprint density at radius 3 is 2.83 bits per heavy atom. The van der Waals surface area contributed by atoms with Crippen molar-refractivity contribution in [2.45, 2.75) is 39.0 Å². The number of alkyl halides is 1. The molecule has 0 aliphatic heterocycles. The van der Waals surface area contributed by atoms with E-state index in [9.17, 15) is 0 Å². The fraction of sp³-hybridized carbons (Fsp3) is 1.00. The van der Waals surface area contributed by atoms with Gasteiger partial charge < -0.3 is 0 Å². The third-order valence-corrected chi connectivity index (χ3v) is 5.06. The lowest BCUT2D eigenvalue weighted by molar-refractivity contribution is 0.0876. The van der Waals surface area contributed by atoms with Crippen LogP contribution in [0.5, 0.6) is 0 Å². The Labute approximate surface area is 89.6 Å². The first kappa shape index (κ1) is 9.29. The minimum Gasteiger partial charge on any atom is -0.0861 e. The van der Waals surface area contributed by atoms with Gasteiger partial charge in [-0.15, -0.1) is 0 Å². The summed E-state index contributed by atoms with van der Waals surface area (Å²) in [5, 5.41) is 0. The van der Waals surface area contributed by atoms with E-state index in [0.29, 0.717) is 0 Å². The van der Waals surface area contributed by atoms with Gasteiger partial charge in [0.2, 0.25) is 0 Å². The maximum atomic E-state index is 2.59. The minimum absolute atomic E-state index is 1.02. The molecule has 0 aromatic rings. The van der Waals surface area contributed by atoms with E-state index in [1.807, 2.05) is 0 Å². The molecule has 12 heavy (non-hydrogen) atoms. The molecule has 0 spiro atoms. The van der Waals surface area contributed by atoms with E-state index >= 15 is 0 Å². The first-order valence-electron chi connectivity index (χ1n) is 5.37. The van der Waals surface area contributed by atoms with Gasteiger partial charge in [-0.25, -0.2) is 0 Å². The highest BCUT2D eigenvalue weighted by Gasteiger charge is 2.36. The summed E-state index contributed by atoms with van der Waals surface area (Å²) in [6.45, 7) is 2.48. The molecule has 0 aromatic carbocycles. The van der Waals surface area contributed by atoms with Gasteiger partial charge in [0.05, 0.1) is 0 Å². The first-order valence-corrected chi connectivity index (χ1v) is 6.89. The van der Waals surface area contributed by atoms with Crippen molar-refractivity contribution in [3.63, 3.8) is 0 Å². The molecular formula is C11H19I. The smallest absolute Gasteiger partial charge is 0.00288 e. The highest BCUT2D eigenvalue weighted by molar-refractivity contribution is 14.1. The van der Waals surface area contributed by atoms with Crippen molar-refractivity contribution in [2.75, 3.05) is 4.43 Å². The van der Waals surface area contributed by atoms with E-state index in [0.717, 1.165) is 23.7 Å². The minimum atomic E-state index is 1.02. The summed E-state index contributed by atoms with van der Waals surface area (Å²) in [7, 11) is 0. The van der Waals surface area contributed by atoms with Crippen molar-refractivity contribution in [2.24, 2.45) is 23.7 Å². The Bertz CT molecular complexity index is 153. The zero-order valence-electron chi connectivity index (χ0n) is 7.93. The Hall–Kier alpha value is 0.730. The summed E-state index contributed by atoms with van der Waals surface area (Å²) in [6.07, 6.45) is 7.70. The van der Waals surface area contributed by atoms with Crippen molar-refractivity contribution >= 4 is 22.6 Å². The average Bonchev–Trinajstić information content (AvgIpc) is 2.04. The molecular weight excluding hydrogens is 259 g/mol. The molecule has 4 atom stereocenters. The van der Waals surface area contributed by atoms with Gasteiger partial charge in [-0.1, -0.05) is 48.8 Å². The van der Waals surface area contributed by atoms with E-state index in [2.05, 4.69) is 29.5 Å². The highest BCUT2D eigenvalue weighted by Crippen LogP contribution is 2.46. The van der Waals surface area contributed by atoms with Gasteiger partial charge in [0, 0.05) is 4.43 Å². The van der Waals surface area contributed by atoms with E-state index < -0.39 is 0 Å². The largest absolute Gasteiger partial charge is 0.0861 e. The van der Waals surface area contributed by atoms with Crippen LogP contribution in [-0.2, 0) is 0 Å². The standard InChI is InChI=1S/C11H19I/c1-8-5-9-3-2-4-10(6-9)11(8)7-12/h8-11H,2-7H2,1H3. The topological polar surface area (TPSA) is 0 Å². The van der Waals surface area contributed by atoms with E-state index in [4.69, 9.17) is 0 Å². The summed E-state index contributed by atoms with van der Waals surface area (Å²) in [5.74, 6) is 4.29. The third kappa shape index (κ3) is 1.66. The lowest BCUT2D eigenvalue weighted by Crippen LogP contribution is -2.35. The molecule has 2 aliphatic carbocycles. The van der Waals surface area contributed by atoms with Gasteiger partial charge in [0.1, 0.15) is 0 Å². The fourth-order valence-corrected chi connectivity index (χ4v) is 4.97. The molecule has 0 radical (unpaired) electrons. The maximum absolute atomic E-state index is 2.59. The van der Waals surface area contributed by atoms with Crippen molar-refractivity contribution in [1.29, 1.82) is 0 Å². The van der Waals surface area contributed by atoms with Gasteiger partial charge in [-0.05, 0) is 36.5 Å². The number of hydrogen-bond donors (Lipinski definition) is 0. The van der Waals surface area contributed by atoms with Gasteiger partial charge in [-0.2, -0.15) is 0 Å². The quantitative estimate of drug-likeness (QED) is 0.504. The summed E-state index contributed by atoms with van der Waals surface area (Å²) in [5.41, 5.74) is 0. The number of fused-ring (bicyclic) bond motifs is 2. The summed E-state index contributed by atoms with van der Waals surface area (Å²) < 4.78 is 1.40. The Kier molecular flexibility index (Phi) is 2.98. The van der Waals surface area contributed by atoms with Crippen LogP contribution in [0, 0.1) is 23.7 Å². The molecule has 0 saturated heterocycles.